The number of nitrogens with one attached hydrogen (secondary N) is 1. The number of nitrogens with zero attached hydrogens (tertiary/aromatic N) is 4. The number of aryl methyl sites for hydroxylation is 1. The van der Waals surface area contributed by atoms with Gasteiger partial charge in [0.15, 0.2) is 16.1 Å². The number of carbonyl (C=O) groups excluding carboxylic acids is 1. The summed E-state index contributed by atoms with van der Waals surface area (Å²) in [7, 11) is 0. The molecule has 7 nitrogen and oxygen atoms in total. The summed E-state index contributed by atoms with van der Waals surface area (Å²) in [5.41, 5.74) is 2.75. The molecule has 0 fully saturated rings. The van der Waals surface area contributed by atoms with Gasteiger partial charge >= 0.3 is 0 Å². The molecule has 2 aromatic heterocycles. The molecule has 2 heterocycles. The Bertz CT molecular complexity index is 1100. The Morgan fingerprint density at radius 1 is 1.34 bits per heavy atom. The highest BCUT2D eigenvalue weighted by Gasteiger charge is 2.16. The van der Waals surface area contributed by atoms with Crippen LogP contribution in [0.25, 0.3) is 0 Å². The lowest BCUT2D eigenvalue weighted by Gasteiger charge is -2.15. The Balaban J connectivity index is 1.68. The van der Waals surface area contributed by atoms with Crippen molar-refractivity contribution in [3.8, 4) is 5.75 Å². The largest absolute Gasteiger partial charge is 0.485 e. The Morgan fingerprint density at radius 3 is 2.88 bits per heavy atom. The zero-order valence-corrected chi connectivity index (χ0v) is 19.9. The molecule has 1 amide bonds. The number of amides is 1. The first-order chi connectivity index (χ1) is 15.4. The lowest BCUT2D eigenvalue weighted by atomic mass is 10.0. The van der Waals surface area contributed by atoms with Crippen molar-refractivity contribution in [2.75, 3.05) is 11.1 Å². The Labute approximate surface area is 197 Å². The summed E-state index contributed by atoms with van der Waals surface area (Å²) in [4.78, 5) is 16.3. The first kappa shape index (κ1) is 23.8. The SMILES string of the molecule is C=CCn1c(COc2cc(C)ccc2C(C)C)nnc1SCC(=O)Nc1cccnc1Cl. The van der Waals surface area contributed by atoms with Crippen molar-refractivity contribution >= 4 is 35.0 Å². The molecular weight excluding hydrogens is 446 g/mol. The molecule has 9 heteroatoms. The average Bonchev–Trinajstić information content (AvgIpc) is 3.14. The third-order valence-electron chi connectivity index (χ3n) is 4.62. The van der Waals surface area contributed by atoms with Gasteiger partial charge in [-0.2, -0.15) is 0 Å². The predicted molar refractivity (Wildman–Crippen MR) is 128 cm³/mol. The van der Waals surface area contributed by atoms with E-state index >= 15 is 0 Å². The van der Waals surface area contributed by atoms with Gasteiger partial charge in [-0.3, -0.25) is 9.36 Å². The van der Waals surface area contributed by atoms with Crippen LogP contribution in [0.3, 0.4) is 0 Å². The molecule has 3 rings (SSSR count). The monoisotopic (exact) mass is 471 g/mol. The highest BCUT2D eigenvalue weighted by atomic mass is 35.5. The van der Waals surface area contributed by atoms with Gasteiger partial charge in [0.1, 0.15) is 12.4 Å². The van der Waals surface area contributed by atoms with Crippen LogP contribution >= 0.6 is 23.4 Å². The van der Waals surface area contributed by atoms with Gasteiger partial charge in [0.05, 0.1) is 11.4 Å². The topological polar surface area (TPSA) is 81.9 Å². The minimum atomic E-state index is -0.211. The molecule has 1 aromatic carbocycles. The van der Waals surface area contributed by atoms with Gasteiger partial charge in [-0.05, 0) is 42.2 Å². The summed E-state index contributed by atoms with van der Waals surface area (Å²) in [5.74, 6) is 1.79. The number of benzene rings is 1. The fraction of sp³-hybridized carbons (Fsp3) is 0.304. The molecule has 32 heavy (non-hydrogen) atoms. The van der Waals surface area contributed by atoms with E-state index in [4.69, 9.17) is 16.3 Å². The molecule has 1 N–H and O–H groups in total. The summed E-state index contributed by atoms with van der Waals surface area (Å²) in [5, 5.41) is 12.1. The standard InChI is InChI=1S/C23H26ClN5O2S/c1-5-11-29-20(13-31-19-12-16(4)8-9-17(19)15(2)3)27-28-23(29)32-14-21(30)26-18-7-6-10-25-22(18)24/h5-10,12,15H,1,11,13-14H2,2-4H3,(H,26,30). The normalized spacial score (nSPS) is 10.9. The van der Waals surface area contributed by atoms with E-state index in [1.54, 1.807) is 24.4 Å². The van der Waals surface area contributed by atoms with E-state index in [-0.39, 0.29) is 23.4 Å². The van der Waals surface area contributed by atoms with Gasteiger partial charge in [-0.1, -0.05) is 55.4 Å². The molecule has 3 aromatic rings. The molecule has 0 aliphatic carbocycles. The smallest absolute Gasteiger partial charge is 0.234 e. The number of allylic oxidation sites excluding steroid dienone is 1. The summed E-state index contributed by atoms with van der Waals surface area (Å²) in [6.07, 6.45) is 3.33. The van der Waals surface area contributed by atoms with Gasteiger partial charge < -0.3 is 10.1 Å². The number of ether oxygens (including phenoxy) is 1. The predicted octanol–water partition coefficient (Wildman–Crippen LogP) is 5.25. The van der Waals surface area contributed by atoms with Gasteiger partial charge in [0.25, 0.3) is 0 Å². The molecule has 0 aliphatic rings. The van der Waals surface area contributed by atoms with Crippen molar-refractivity contribution in [1.29, 1.82) is 0 Å². The fourth-order valence-electron chi connectivity index (χ4n) is 3.03. The van der Waals surface area contributed by atoms with E-state index in [2.05, 4.69) is 53.1 Å². The number of hydrogen-bond donors (Lipinski definition) is 1. The first-order valence-electron chi connectivity index (χ1n) is 10.2. The Kier molecular flexibility index (Phi) is 8.30. The van der Waals surface area contributed by atoms with Crippen LogP contribution in [-0.4, -0.2) is 31.4 Å². The highest BCUT2D eigenvalue weighted by Crippen LogP contribution is 2.28. The Hall–Kier alpha value is -2.84. The minimum Gasteiger partial charge on any atom is -0.485 e. The number of hydrogen-bond acceptors (Lipinski definition) is 6. The number of anilines is 1. The van der Waals surface area contributed by atoms with E-state index < -0.39 is 0 Å². The maximum Gasteiger partial charge on any atom is 0.234 e. The molecule has 0 spiro atoms. The minimum absolute atomic E-state index is 0.150. The molecule has 0 saturated carbocycles. The highest BCUT2D eigenvalue weighted by molar-refractivity contribution is 7.99. The van der Waals surface area contributed by atoms with Crippen molar-refractivity contribution in [2.45, 2.75) is 45.0 Å². The summed E-state index contributed by atoms with van der Waals surface area (Å²) < 4.78 is 8.01. The molecule has 168 valence electrons. The third-order valence-corrected chi connectivity index (χ3v) is 5.89. The zero-order chi connectivity index (χ0) is 23.1. The van der Waals surface area contributed by atoms with Crippen molar-refractivity contribution < 1.29 is 9.53 Å². The van der Waals surface area contributed by atoms with Gasteiger partial charge in [-0.25, -0.2) is 4.98 Å². The van der Waals surface area contributed by atoms with Crippen LogP contribution in [0, 0.1) is 6.92 Å². The second-order valence-electron chi connectivity index (χ2n) is 7.46. The van der Waals surface area contributed by atoms with Crippen LogP contribution in [0.2, 0.25) is 5.15 Å². The molecule has 0 atom stereocenters. The van der Waals surface area contributed by atoms with Crippen LogP contribution in [0.5, 0.6) is 5.75 Å². The number of halogens is 1. The molecule has 0 saturated heterocycles. The number of thioether (sulfide) groups is 1. The third kappa shape index (κ3) is 6.11. The van der Waals surface area contributed by atoms with Crippen molar-refractivity contribution in [3.63, 3.8) is 0 Å². The van der Waals surface area contributed by atoms with E-state index in [0.717, 1.165) is 16.9 Å². The lowest BCUT2D eigenvalue weighted by molar-refractivity contribution is -0.113. The van der Waals surface area contributed by atoms with Crippen LogP contribution in [-0.2, 0) is 17.9 Å². The second-order valence-corrected chi connectivity index (χ2v) is 8.76. The number of aromatic nitrogens is 4. The van der Waals surface area contributed by atoms with Gasteiger partial charge in [-0.15, -0.1) is 16.8 Å². The van der Waals surface area contributed by atoms with Crippen molar-refractivity contribution in [1.82, 2.24) is 19.7 Å². The number of rotatable bonds is 10. The zero-order valence-electron chi connectivity index (χ0n) is 18.3. The molecule has 0 aliphatic heterocycles. The van der Waals surface area contributed by atoms with Crippen LogP contribution in [0.15, 0.2) is 54.3 Å². The van der Waals surface area contributed by atoms with E-state index in [9.17, 15) is 4.79 Å². The molecule has 0 unspecified atom stereocenters. The lowest BCUT2D eigenvalue weighted by Crippen LogP contribution is -2.15. The van der Waals surface area contributed by atoms with E-state index in [1.807, 2.05) is 17.6 Å². The summed E-state index contributed by atoms with van der Waals surface area (Å²) >= 11 is 7.28. The first-order valence-corrected chi connectivity index (χ1v) is 11.5. The quantitative estimate of drug-likeness (QED) is 0.247. The van der Waals surface area contributed by atoms with Gasteiger partial charge in [0.2, 0.25) is 5.91 Å². The van der Waals surface area contributed by atoms with Crippen LogP contribution < -0.4 is 10.1 Å². The molecular formula is C23H26ClN5O2S. The summed E-state index contributed by atoms with van der Waals surface area (Å²) in [6, 6.07) is 9.62. The van der Waals surface area contributed by atoms with Crippen LogP contribution in [0.4, 0.5) is 5.69 Å². The summed E-state index contributed by atoms with van der Waals surface area (Å²) in [6.45, 7) is 10.9. The van der Waals surface area contributed by atoms with Gasteiger partial charge in [0, 0.05) is 12.7 Å². The second kappa shape index (κ2) is 11.2. The maximum absolute atomic E-state index is 12.3. The van der Waals surface area contributed by atoms with Crippen LogP contribution in [0.1, 0.15) is 36.7 Å². The molecule has 0 radical (unpaired) electrons. The van der Waals surface area contributed by atoms with Crippen molar-refractivity contribution in [2.24, 2.45) is 0 Å². The van der Waals surface area contributed by atoms with Crippen molar-refractivity contribution in [3.05, 3.63) is 71.3 Å². The van der Waals surface area contributed by atoms with E-state index in [1.165, 1.54) is 11.8 Å². The number of pyridine rings is 1. The molecule has 0 bridgehead atoms. The fourth-order valence-corrected chi connectivity index (χ4v) is 3.96. The maximum atomic E-state index is 12.3. The number of carbonyl (C=O) groups is 1. The Morgan fingerprint density at radius 2 is 2.16 bits per heavy atom. The average molecular weight is 472 g/mol. The van der Waals surface area contributed by atoms with E-state index in [0.29, 0.717) is 29.1 Å².